The normalized spacial score (nSPS) is 18.4. The van der Waals surface area contributed by atoms with E-state index in [2.05, 4.69) is 0 Å². The second-order valence-electron chi connectivity index (χ2n) is 7.79. The summed E-state index contributed by atoms with van der Waals surface area (Å²) in [5, 5.41) is 0. The molecule has 5 heteroatoms. The molecule has 27 heavy (non-hydrogen) atoms. The van der Waals surface area contributed by atoms with Crippen LogP contribution in [0.25, 0.3) is 5.47 Å². The van der Waals surface area contributed by atoms with Gasteiger partial charge in [-0.1, -0.05) is 48.5 Å². The molecule has 0 aliphatic carbocycles. The molecule has 1 amide bonds. The van der Waals surface area contributed by atoms with Crippen molar-refractivity contribution in [3.05, 3.63) is 72.3 Å². The second kappa shape index (κ2) is 7.33. The number of hydrogen-bond donors (Lipinski definition) is 0. The van der Waals surface area contributed by atoms with Crippen LogP contribution >= 0.6 is 0 Å². The third-order valence-electron chi connectivity index (χ3n) is 5.37. The Morgan fingerprint density at radius 2 is 1.37 bits per heavy atom. The minimum atomic E-state index is -0.606. The zero-order valence-corrected chi connectivity index (χ0v) is 16.6. The lowest BCUT2D eigenvalue weighted by molar-refractivity contribution is -0.113. The van der Waals surface area contributed by atoms with Crippen LogP contribution in [-0.2, 0) is 14.1 Å². The highest BCUT2D eigenvalue weighted by Crippen LogP contribution is 2.40. The van der Waals surface area contributed by atoms with Crippen molar-refractivity contribution in [3.63, 3.8) is 0 Å². The van der Waals surface area contributed by atoms with Crippen molar-refractivity contribution >= 4 is 24.2 Å². The van der Waals surface area contributed by atoms with E-state index in [-0.39, 0.29) is 5.91 Å². The van der Waals surface area contributed by atoms with Crippen molar-refractivity contribution in [2.24, 2.45) is 0 Å². The van der Waals surface area contributed by atoms with Crippen molar-refractivity contribution in [2.45, 2.75) is 38.9 Å². The van der Waals surface area contributed by atoms with Crippen molar-refractivity contribution in [2.75, 3.05) is 11.9 Å². The fourth-order valence-electron chi connectivity index (χ4n) is 2.90. The number of carbonyl (C=O) groups is 1. The topological polar surface area (TPSA) is 38.8 Å². The van der Waals surface area contributed by atoms with Crippen molar-refractivity contribution in [3.8, 4) is 0 Å². The summed E-state index contributed by atoms with van der Waals surface area (Å²) in [5.74, 6) is -0.130. The zero-order chi connectivity index (χ0) is 19.7. The summed E-state index contributed by atoms with van der Waals surface area (Å²) in [6.45, 7) is 8.03. The number of para-hydroxylation sites is 1. The third kappa shape index (κ3) is 3.99. The monoisotopic (exact) mass is 363 g/mol. The molecule has 0 saturated carbocycles. The smallest absolute Gasteiger partial charge is 0.399 e. The van der Waals surface area contributed by atoms with Crippen LogP contribution < -0.4 is 4.90 Å². The average molecular weight is 363 g/mol. The minimum Gasteiger partial charge on any atom is -0.399 e. The molecule has 1 heterocycles. The summed E-state index contributed by atoms with van der Waals surface area (Å²) in [6, 6.07) is 19.3. The van der Waals surface area contributed by atoms with Gasteiger partial charge >= 0.3 is 7.12 Å². The fourth-order valence-corrected chi connectivity index (χ4v) is 2.90. The lowest BCUT2D eigenvalue weighted by Crippen LogP contribution is -2.41. The number of amides is 1. The molecule has 4 nitrogen and oxygen atoms in total. The van der Waals surface area contributed by atoms with E-state index in [4.69, 9.17) is 9.31 Å². The molecule has 3 rings (SSSR count). The van der Waals surface area contributed by atoms with Crippen LogP contribution in [-0.4, -0.2) is 31.3 Å². The molecule has 0 bridgehead atoms. The van der Waals surface area contributed by atoms with E-state index in [0.29, 0.717) is 0 Å². The van der Waals surface area contributed by atoms with Gasteiger partial charge in [0, 0.05) is 18.8 Å². The molecule has 140 valence electrons. The van der Waals surface area contributed by atoms with Gasteiger partial charge in [-0.2, -0.15) is 0 Å². The zero-order valence-electron chi connectivity index (χ0n) is 16.6. The molecule has 2 aromatic rings. The van der Waals surface area contributed by atoms with E-state index in [0.717, 1.165) is 16.7 Å². The number of hydrogen-bond acceptors (Lipinski definition) is 3. The van der Waals surface area contributed by atoms with Gasteiger partial charge in [0.25, 0.3) is 0 Å². The quantitative estimate of drug-likeness (QED) is 0.598. The van der Waals surface area contributed by atoms with Gasteiger partial charge in [-0.25, -0.2) is 0 Å². The van der Waals surface area contributed by atoms with E-state index in [9.17, 15) is 4.79 Å². The van der Waals surface area contributed by atoms with Crippen LogP contribution in [0.1, 0.15) is 33.3 Å². The molecule has 0 radical (unpaired) electrons. The summed E-state index contributed by atoms with van der Waals surface area (Å²) in [4.78, 5) is 14.6. The molecule has 0 unspecified atom stereocenters. The minimum absolute atomic E-state index is 0.130. The van der Waals surface area contributed by atoms with Gasteiger partial charge in [0.05, 0.1) is 11.2 Å². The fraction of sp³-hybridized carbons (Fsp3) is 0.318. The van der Waals surface area contributed by atoms with Crippen molar-refractivity contribution < 1.29 is 14.1 Å². The predicted molar refractivity (Wildman–Crippen MR) is 110 cm³/mol. The first-order valence-electron chi connectivity index (χ1n) is 9.17. The molecule has 1 aliphatic heterocycles. The maximum absolute atomic E-state index is 12.9. The number of rotatable bonds is 4. The van der Waals surface area contributed by atoms with Gasteiger partial charge in [0.1, 0.15) is 0 Å². The highest BCUT2D eigenvalue weighted by molar-refractivity contribution is 6.69. The molecule has 1 saturated heterocycles. The standard InChI is InChI=1S/C22H26BNO3/c1-21(2)22(3,4)27-23(26-21)19(17-12-8-6-9-13-17)16-20(25)24(5)18-14-10-7-11-15-18/h6-16H,1-5H3/b19-16-. The van der Waals surface area contributed by atoms with E-state index >= 15 is 0 Å². The first-order chi connectivity index (χ1) is 12.7. The molecule has 0 spiro atoms. The number of anilines is 1. The van der Waals surface area contributed by atoms with Crippen LogP contribution in [0.3, 0.4) is 0 Å². The van der Waals surface area contributed by atoms with Crippen LogP contribution in [0, 0.1) is 0 Å². The summed E-state index contributed by atoms with van der Waals surface area (Å²) in [5.41, 5.74) is 1.52. The second-order valence-corrected chi connectivity index (χ2v) is 7.79. The first-order valence-corrected chi connectivity index (χ1v) is 9.17. The first kappa shape index (κ1) is 19.4. The Morgan fingerprint density at radius 1 is 0.889 bits per heavy atom. The number of likely N-dealkylation sites (N-methyl/N-ethyl adjacent to an activating group) is 1. The number of carbonyl (C=O) groups excluding carboxylic acids is 1. The largest absolute Gasteiger partial charge is 0.495 e. The Balaban J connectivity index is 1.96. The van der Waals surface area contributed by atoms with Gasteiger partial charge in [-0.3, -0.25) is 4.79 Å². The molecule has 1 fully saturated rings. The number of benzene rings is 2. The van der Waals surface area contributed by atoms with Crippen LogP contribution in [0.15, 0.2) is 66.7 Å². The van der Waals surface area contributed by atoms with E-state index in [1.807, 2.05) is 88.4 Å². The van der Waals surface area contributed by atoms with Gasteiger partial charge < -0.3 is 14.2 Å². The lowest BCUT2D eigenvalue weighted by Gasteiger charge is -2.32. The third-order valence-corrected chi connectivity index (χ3v) is 5.37. The van der Waals surface area contributed by atoms with Crippen molar-refractivity contribution in [1.82, 2.24) is 0 Å². The predicted octanol–water partition coefficient (Wildman–Crippen LogP) is 4.36. The highest BCUT2D eigenvalue weighted by Gasteiger charge is 2.52. The van der Waals surface area contributed by atoms with Gasteiger partial charge in [-0.15, -0.1) is 0 Å². The SMILES string of the molecule is CN(C(=O)/C=C(\B1OC(C)(C)C(C)(C)O1)c1ccccc1)c1ccccc1. The van der Waals surface area contributed by atoms with Crippen molar-refractivity contribution in [1.29, 1.82) is 0 Å². The molecule has 2 aromatic carbocycles. The summed E-state index contributed by atoms with van der Waals surface area (Å²) < 4.78 is 12.4. The maximum atomic E-state index is 12.9. The van der Waals surface area contributed by atoms with E-state index < -0.39 is 18.3 Å². The summed E-state index contributed by atoms with van der Waals surface area (Å²) in [6.07, 6.45) is 1.62. The van der Waals surface area contributed by atoms with E-state index in [1.165, 1.54) is 0 Å². The highest BCUT2D eigenvalue weighted by atomic mass is 16.7. The summed E-state index contributed by atoms with van der Waals surface area (Å²) in [7, 11) is 1.16. The Labute approximate surface area is 161 Å². The average Bonchev–Trinajstić information content (AvgIpc) is 2.87. The van der Waals surface area contributed by atoms with Crippen LogP contribution in [0.5, 0.6) is 0 Å². The van der Waals surface area contributed by atoms with Crippen LogP contribution in [0.2, 0.25) is 0 Å². The molecule has 0 atom stereocenters. The number of nitrogens with zero attached hydrogens (tertiary/aromatic N) is 1. The molecular weight excluding hydrogens is 337 g/mol. The Kier molecular flexibility index (Phi) is 5.27. The van der Waals surface area contributed by atoms with Gasteiger partial charge in [0.15, 0.2) is 0 Å². The summed E-state index contributed by atoms with van der Waals surface area (Å²) >= 11 is 0. The molecule has 0 aromatic heterocycles. The van der Waals surface area contributed by atoms with Crippen LogP contribution in [0.4, 0.5) is 5.69 Å². The van der Waals surface area contributed by atoms with E-state index in [1.54, 1.807) is 18.0 Å². The van der Waals surface area contributed by atoms with Gasteiger partial charge in [-0.05, 0) is 50.9 Å². The Hall–Kier alpha value is -2.37. The Bertz CT molecular complexity index is 815. The lowest BCUT2D eigenvalue weighted by atomic mass is 9.73. The maximum Gasteiger partial charge on any atom is 0.495 e. The van der Waals surface area contributed by atoms with Gasteiger partial charge in [0.2, 0.25) is 5.91 Å². The molecular formula is C22H26BNO3. The molecule has 0 N–H and O–H groups in total. The Morgan fingerprint density at radius 3 is 1.89 bits per heavy atom. The molecule has 1 aliphatic rings.